The summed E-state index contributed by atoms with van der Waals surface area (Å²) in [5.74, 6) is -0.926. The minimum atomic E-state index is -0.571. The van der Waals surface area contributed by atoms with Gasteiger partial charge in [0.25, 0.3) is 0 Å². The summed E-state index contributed by atoms with van der Waals surface area (Å²) in [4.78, 5) is 28.4. The number of benzene rings is 3. The molecule has 6 nitrogen and oxygen atoms in total. The number of hydrogen-bond acceptors (Lipinski definition) is 4. The number of fused-ring (bicyclic) bond motifs is 1. The van der Waals surface area contributed by atoms with Gasteiger partial charge in [-0.05, 0) is 29.2 Å². The number of alkyl carbamates (subject to hydrolysis) is 1. The Morgan fingerprint density at radius 1 is 0.788 bits per heavy atom. The van der Waals surface area contributed by atoms with Gasteiger partial charge in [-0.25, -0.2) is 4.79 Å². The molecule has 3 aromatic carbocycles. The molecule has 4 aromatic rings. The van der Waals surface area contributed by atoms with Crippen LogP contribution < -0.4 is 5.32 Å². The molecular formula is C27H26N2O4. The number of nitrogens with one attached hydrogen (secondary N) is 2. The average molecular weight is 443 g/mol. The number of rotatable bonds is 9. The molecule has 1 heterocycles. The summed E-state index contributed by atoms with van der Waals surface area (Å²) in [6.45, 7) is 0.460. The lowest BCUT2D eigenvalue weighted by Gasteiger charge is -2.17. The number of amides is 1. The zero-order valence-corrected chi connectivity index (χ0v) is 18.2. The molecule has 33 heavy (non-hydrogen) atoms. The number of H-pyrrole nitrogens is 1. The topological polar surface area (TPSA) is 80.4 Å². The summed E-state index contributed by atoms with van der Waals surface area (Å²) in [5, 5.41) is 3.77. The van der Waals surface area contributed by atoms with Gasteiger partial charge in [0.1, 0.15) is 13.2 Å². The van der Waals surface area contributed by atoms with Crippen LogP contribution in [0.2, 0.25) is 0 Å². The fourth-order valence-corrected chi connectivity index (χ4v) is 3.63. The first-order valence-corrected chi connectivity index (χ1v) is 10.9. The zero-order valence-electron chi connectivity index (χ0n) is 18.2. The fourth-order valence-electron chi connectivity index (χ4n) is 3.63. The van der Waals surface area contributed by atoms with Crippen molar-refractivity contribution in [1.29, 1.82) is 0 Å². The average Bonchev–Trinajstić information content (AvgIpc) is 3.28. The maximum absolute atomic E-state index is 12.9. The van der Waals surface area contributed by atoms with Crippen molar-refractivity contribution in [2.24, 2.45) is 5.92 Å². The third-order valence-electron chi connectivity index (χ3n) is 5.40. The molecule has 0 unspecified atom stereocenters. The Morgan fingerprint density at radius 3 is 2.09 bits per heavy atom. The second-order valence-electron chi connectivity index (χ2n) is 7.80. The summed E-state index contributed by atoms with van der Waals surface area (Å²) >= 11 is 0. The highest BCUT2D eigenvalue weighted by molar-refractivity contribution is 5.84. The molecule has 168 valence electrons. The SMILES string of the molecule is O=C(NC[C@@H](Cc1c[nH]c2ccccc12)C(=O)OCc1ccccc1)OCc1ccccc1. The lowest BCUT2D eigenvalue weighted by atomic mass is 9.99. The number of esters is 1. The van der Waals surface area contributed by atoms with Crippen molar-refractivity contribution in [3.05, 3.63) is 108 Å². The number of ether oxygens (including phenoxy) is 2. The van der Waals surface area contributed by atoms with E-state index in [4.69, 9.17) is 9.47 Å². The van der Waals surface area contributed by atoms with Crippen molar-refractivity contribution in [2.75, 3.05) is 6.54 Å². The normalized spacial score (nSPS) is 11.6. The van der Waals surface area contributed by atoms with Crippen LogP contribution in [0.3, 0.4) is 0 Å². The van der Waals surface area contributed by atoms with Crippen molar-refractivity contribution < 1.29 is 19.1 Å². The summed E-state index contributed by atoms with van der Waals surface area (Å²) in [6.07, 6.45) is 1.76. The van der Waals surface area contributed by atoms with Gasteiger partial charge in [-0.15, -0.1) is 0 Å². The third kappa shape index (κ3) is 6.23. The minimum absolute atomic E-state index is 0.112. The number of hydrogen-bond donors (Lipinski definition) is 2. The Hall–Kier alpha value is -4.06. The van der Waals surface area contributed by atoms with Crippen LogP contribution in [0.4, 0.5) is 4.79 Å². The van der Waals surface area contributed by atoms with Gasteiger partial charge in [0.2, 0.25) is 0 Å². The summed E-state index contributed by atoms with van der Waals surface area (Å²) in [7, 11) is 0. The van der Waals surface area contributed by atoms with Gasteiger partial charge in [0.05, 0.1) is 5.92 Å². The Balaban J connectivity index is 1.40. The van der Waals surface area contributed by atoms with Crippen molar-refractivity contribution in [3.63, 3.8) is 0 Å². The third-order valence-corrected chi connectivity index (χ3v) is 5.40. The lowest BCUT2D eigenvalue weighted by molar-refractivity contribution is -0.149. The van der Waals surface area contributed by atoms with Gasteiger partial charge in [-0.3, -0.25) is 4.79 Å². The Morgan fingerprint density at radius 2 is 1.39 bits per heavy atom. The fraction of sp³-hybridized carbons (Fsp3) is 0.185. The van der Waals surface area contributed by atoms with E-state index in [0.717, 1.165) is 27.6 Å². The number of carbonyl (C=O) groups excluding carboxylic acids is 2. The van der Waals surface area contributed by atoms with Gasteiger partial charge < -0.3 is 19.8 Å². The number of carbonyl (C=O) groups is 2. The van der Waals surface area contributed by atoms with Crippen LogP contribution in [0, 0.1) is 5.92 Å². The van der Waals surface area contributed by atoms with Crippen LogP contribution in [0.5, 0.6) is 0 Å². The first kappa shape index (κ1) is 22.1. The number of para-hydroxylation sites is 1. The predicted octanol–water partition coefficient (Wildman–Crippen LogP) is 5.00. The zero-order chi connectivity index (χ0) is 22.9. The molecule has 1 amide bonds. The molecular weight excluding hydrogens is 416 g/mol. The van der Waals surface area contributed by atoms with Crippen molar-refractivity contribution in [1.82, 2.24) is 10.3 Å². The Kier molecular flexibility index (Phi) is 7.38. The maximum atomic E-state index is 12.9. The number of aromatic amines is 1. The number of aromatic nitrogens is 1. The van der Waals surface area contributed by atoms with Gasteiger partial charge in [-0.2, -0.15) is 0 Å². The van der Waals surface area contributed by atoms with Gasteiger partial charge in [-0.1, -0.05) is 78.9 Å². The highest BCUT2D eigenvalue weighted by atomic mass is 16.5. The van der Waals surface area contributed by atoms with E-state index < -0.39 is 12.0 Å². The highest BCUT2D eigenvalue weighted by Gasteiger charge is 2.23. The molecule has 2 N–H and O–H groups in total. The Bertz CT molecular complexity index is 1190. The van der Waals surface area contributed by atoms with Crippen LogP contribution >= 0.6 is 0 Å². The molecule has 4 rings (SSSR count). The molecule has 0 fully saturated rings. The van der Waals surface area contributed by atoms with Crippen molar-refractivity contribution in [2.45, 2.75) is 19.6 Å². The van der Waals surface area contributed by atoms with Crippen LogP contribution in [-0.2, 0) is 33.9 Å². The predicted molar refractivity (Wildman–Crippen MR) is 126 cm³/mol. The minimum Gasteiger partial charge on any atom is -0.461 e. The van der Waals surface area contributed by atoms with E-state index in [1.54, 1.807) is 0 Å². The Labute approximate surface area is 192 Å². The van der Waals surface area contributed by atoms with Crippen LogP contribution in [-0.4, -0.2) is 23.6 Å². The second-order valence-corrected chi connectivity index (χ2v) is 7.80. The van der Waals surface area contributed by atoms with Crippen LogP contribution in [0.25, 0.3) is 10.9 Å². The monoisotopic (exact) mass is 442 g/mol. The van der Waals surface area contributed by atoms with E-state index >= 15 is 0 Å². The van der Waals surface area contributed by atoms with E-state index in [9.17, 15) is 9.59 Å². The molecule has 0 bridgehead atoms. The van der Waals surface area contributed by atoms with E-state index in [1.165, 1.54) is 0 Å². The van der Waals surface area contributed by atoms with E-state index in [1.807, 2.05) is 91.1 Å². The molecule has 0 saturated heterocycles. The molecule has 0 radical (unpaired) electrons. The molecule has 0 spiro atoms. The van der Waals surface area contributed by atoms with Gasteiger partial charge in [0.15, 0.2) is 0 Å². The van der Waals surface area contributed by atoms with Crippen LogP contribution in [0.1, 0.15) is 16.7 Å². The molecule has 6 heteroatoms. The molecule has 0 aliphatic carbocycles. The lowest BCUT2D eigenvalue weighted by Crippen LogP contribution is -2.35. The maximum Gasteiger partial charge on any atom is 0.407 e. The molecule has 0 aliphatic heterocycles. The van der Waals surface area contributed by atoms with Gasteiger partial charge in [0, 0.05) is 23.6 Å². The first-order valence-electron chi connectivity index (χ1n) is 10.9. The van der Waals surface area contributed by atoms with E-state index in [-0.39, 0.29) is 25.7 Å². The summed E-state index contributed by atoms with van der Waals surface area (Å²) < 4.78 is 10.9. The first-order chi connectivity index (χ1) is 16.2. The quantitative estimate of drug-likeness (QED) is 0.358. The van der Waals surface area contributed by atoms with Crippen molar-refractivity contribution in [3.8, 4) is 0 Å². The van der Waals surface area contributed by atoms with E-state index in [0.29, 0.717) is 6.42 Å². The molecule has 1 aromatic heterocycles. The van der Waals surface area contributed by atoms with Gasteiger partial charge >= 0.3 is 12.1 Å². The molecule has 0 saturated carbocycles. The van der Waals surface area contributed by atoms with Crippen molar-refractivity contribution >= 4 is 23.0 Å². The highest BCUT2D eigenvalue weighted by Crippen LogP contribution is 2.21. The molecule has 0 aliphatic rings. The van der Waals surface area contributed by atoms with Crippen LogP contribution in [0.15, 0.2) is 91.1 Å². The molecule has 1 atom stereocenters. The largest absolute Gasteiger partial charge is 0.461 e. The standard InChI is InChI=1S/C27H26N2O4/c30-26(32-18-20-9-3-1-4-10-20)23(15-22-16-28-25-14-8-7-13-24(22)25)17-29-27(31)33-19-21-11-5-2-6-12-21/h1-14,16,23,28H,15,17-19H2,(H,29,31)/t23-/m1/s1. The summed E-state index contributed by atoms with van der Waals surface area (Å²) in [5.41, 5.74) is 3.79. The van der Waals surface area contributed by atoms with E-state index in [2.05, 4.69) is 10.3 Å². The summed E-state index contributed by atoms with van der Waals surface area (Å²) in [6, 6.07) is 26.9. The smallest absolute Gasteiger partial charge is 0.407 e. The second kappa shape index (κ2) is 11.0.